The molecule has 0 aliphatic heterocycles. The molecule has 3 nitrogen and oxygen atoms in total. The molecule has 1 aliphatic rings. The lowest BCUT2D eigenvalue weighted by atomic mass is 10.2. The van der Waals surface area contributed by atoms with E-state index in [0.717, 1.165) is 30.5 Å². The van der Waals surface area contributed by atoms with Gasteiger partial charge in [0, 0.05) is 18.7 Å². The van der Waals surface area contributed by atoms with Crippen LogP contribution in [-0.2, 0) is 13.1 Å². The van der Waals surface area contributed by atoms with E-state index in [2.05, 4.69) is 10.8 Å². The van der Waals surface area contributed by atoms with Gasteiger partial charge in [-0.2, -0.15) is 0 Å². The molecule has 1 heterocycles. The summed E-state index contributed by atoms with van der Waals surface area (Å²) in [6.45, 7) is 5.13. The van der Waals surface area contributed by atoms with Gasteiger partial charge in [-0.15, -0.1) is 6.42 Å². The largest absolute Gasteiger partial charge is 0.465 e. The summed E-state index contributed by atoms with van der Waals surface area (Å²) in [4.78, 5) is 2.32. The van der Waals surface area contributed by atoms with Gasteiger partial charge in [0.1, 0.15) is 11.5 Å². The number of hydrogen-bond donors (Lipinski definition) is 1. The normalized spacial score (nSPS) is 15.2. The van der Waals surface area contributed by atoms with Crippen LogP contribution in [0.25, 0.3) is 0 Å². The number of rotatable bonds is 6. The molecule has 1 aromatic rings. The van der Waals surface area contributed by atoms with Crippen LogP contribution in [0.1, 0.15) is 29.9 Å². The molecule has 0 bridgehead atoms. The first-order chi connectivity index (χ1) is 8.22. The van der Waals surface area contributed by atoms with Crippen molar-refractivity contribution in [1.29, 1.82) is 0 Å². The van der Waals surface area contributed by atoms with Crippen LogP contribution >= 0.6 is 0 Å². The molecule has 17 heavy (non-hydrogen) atoms. The molecule has 0 saturated heterocycles. The van der Waals surface area contributed by atoms with Crippen LogP contribution < -0.4 is 5.73 Å². The second-order valence-corrected chi connectivity index (χ2v) is 4.82. The average Bonchev–Trinajstić information content (AvgIpc) is 3.04. The Balaban J connectivity index is 1.99. The number of aryl methyl sites for hydroxylation is 1. The quantitative estimate of drug-likeness (QED) is 0.762. The first-order valence-electron chi connectivity index (χ1n) is 6.17. The Hall–Kier alpha value is -1.24. The van der Waals surface area contributed by atoms with Crippen molar-refractivity contribution >= 4 is 0 Å². The van der Waals surface area contributed by atoms with Gasteiger partial charge >= 0.3 is 0 Å². The summed E-state index contributed by atoms with van der Waals surface area (Å²) >= 11 is 0. The zero-order valence-electron chi connectivity index (χ0n) is 10.4. The smallest absolute Gasteiger partial charge is 0.118 e. The van der Waals surface area contributed by atoms with E-state index in [9.17, 15) is 0 Å². The molecule has 1 aromatic heterocycles. The zero-order chi connectivity index (χ0) is 12.3. The molecule has 2 N–H and O–H groups in total. The van der Waals surface area contributed by atoms with E-state index < -0.39 is 0 Å². The monoisotopic (exact) mass is 232 g/mol. The summed E-state index contributed by atoms with van der Waals surface area (Å²) in [7, 11) is 0. The number of hydrogen-bond acceptors (Lipinski definition) is 3. The fourth-order valence-electron chi connectivity index (χ4n) is 2.07. The van der Waals surface area contributed by atoms with Gasteiger partial charge in [-0.25, -0.2) is 0 Å². The molecule has 0 radical (unpaired) electrons. The van der Waals surface area contributed by atoms with Crippen LogP contribution in [0.15, 0.2) is 10.5 Å². The minimum Gasteiger partial charge on any atom is -0.465 e. The molecule has 0 aromatic carbocycles. The summed E-state index contributed by atoms with van der Waals surface area (Å²) in [5.41, 5.74) is 6.78. The lowest BCUT2D eigenvalue weighted by Gasteiger charge is -2.18. The summed E-state index contributed by atoms with van der Waals surface area (Å²) in [5.74, 6) is 5.40. The molecule has 0 unspecified atom stereocenters. The zero-order valence-corrected chi connectivity index (χ0v) is 10.4. The lowest BCUT2D eigenvalue weighted by Crippen LogP contribution is -2.26. The third kappa shape index (κ3) is 3.36. The van der Waals surface area contributed by atoms with E-state index >= 15 is 0 Å². The highest BCUT2D eigenvalue weighted by atomic mass is 16.3. The third-order valence-corrected chi connectivity index (χ3v) is 3.19. The first kappa shape index (κ1) is 12.2. The number of nitrogens with two attached hydrogens (primary N) is 1. The molecular formula is C14H20N2O. The van der Waals surface area contributed by atoms with Crippen molar-refractivity contribution in [2.24, 2.45) is 11.7 Å². The summed E-state index contributed by atoms with van der Waals surface area (Å²) in [6.07, 6.45) is 8.11. The van der Waals surface area contributed by atoms with Crippen LogP contribution in [0.2, 0.25) is 0 Å². The molecule has 1 fully saturated rings. The minimum atomic E-state index is 0.457. The molecular weight excluding hydrogens is 212 g/mol. The van der Waals surface area contributed by atoms with Gasteiger partial charge in [0.15, 0.2) is 0 Å². The van der Waals surface area contributed by atoms with Crippen LogP contribution in [0.5, 0.6) is 0 Å². The molecule has 3 heteroatoms. The van der Waals surface area contributed by atoms with Crippen molar-refractivity contribution in [3.63, 3.8) is 0 Å². The van der Waals surface area contributed by atoms with Gasteiger partial charge < -0.3 is 10.2 Å². The van der Waals surface area contributed by atoms with E-state index in [4.69, 9.17) is 16.6 Å². The predicted octanol–water partition coefficient (Wildman–Crippen LogP) is 1.89. The van der Waals surface area contributed by atoms with E-state index in [1.807, 2.05) is 13.0 Å². The highest BCUT2D eigenvalue weighted by Crippen LogP contribution is 2.30. The van der Waals surface area contributed by atoms with Crippen molar-refractivity contribution in [3.8, 4) is 12.3 Å². The molecule has 0 spiro atoms. The SMILES string of the molecule is C#CCN(Cc1cc(CN)oc1C)CC1CC1. The topological polar surface area (TPSA) is 42.4 Å². The Labute approximate surface area is 103 Å². The summed E-state index contributed by atoms with van der Waals surface area (Å²) < 4.78 is 5.56. The van der Waals surface area contributed by atoms with Crippen LogP contribution in [-0.4, -0.2) is 18.0 Å². The molecule has 92 valence electrons. The number of nitrogens with zero attached hydrogens (tertiary/aromatic N) is 1. The molecule has 1 saturated carbocycles. The fourth-order valence-corrected chi connectivity index (χ4v) is 2.07. The lowest BCUT2D eigenvalue weighted by molar-refractivity contribution is 0.284. The molecule has 0 atom stereocenters. The van der Waals surface area contributed by atoms with Crippen LogP contribution in [0, 0.1) is 25.2 Å². The highest BCUT2D eigenvalue weighted by molar-refractivity contribution is 5.21. The van der Waals surface area contributed by atoms with E-state index in [1.54, 1.807) is 0 Å². The number of terminal acetylenes is 1. The van der Waals surface area contributed by atoms with Crippen LogP contribution in [0.3, 0.4) is 0 Å². The van der Waals surface area contributed by atoms with Gasteiger partial charge in [-0.1, -0.05) is 5.92 Å². The molecule has 0 amide bonds. The maximum atomic E-state index is 5.57. The van der Waals surface area contributed by atoms with Crippen molar-refractivity contribution in [2.75, 3.05) is 13.1 Å². The van der Waals surface area contributed by atoms with E-state index in [0.29, 0.717) is 13.1 Å². The van der Waals surface area contributed by atoms with Crippen molar-refractivity contribution in [3.05, 3.63) is 23.2 Å². The highest BCUT2D eigenvalue weighted by Gasteiger charge is 2.24. The van der Waals surface area contributed by atoms with Crippen LogP contribution in [0.4, 0.5) is 0 Å². The van der Waals surface area contributed by atoms with Gasteiger partial charge in [0.05, 0.1) is 13.1 Å². The van der Waals surface area contributed by atoms with Crippen molar-refractivity contribution in [1.82, 2.24) is 4.90 Å². The number of furan rings is 1. The Morgan fingerprint density at radius 2 is 2.35 bits per heavy atom. The summed E-state index contributed by atoms with van der Waals surface area (Å²) in [6, 6.07) is 2.05. The predicted molar refractivity (Wildman–Crippen MR) is 68.2 cm³/mol. The second kappa shape index (κ2) is 5.39. The Bertz CT molecular complexity index is 412. The molecule has 1 aliphatic carbocycles. The van der Waals surface area contributed by atoms with E-state index in [-0.39, 0.29) is 0 Å². The van der Waals surface area contributed by atoms with Crippen molar-refractivity contribution in [2.45, 2.75) is 32.9 Å². The summed E-state index contributed by atoms with van der Waals surface area (Å²) in [5, 5.41) is 0. The standard InChI is InChI=1S/C14H20N2O/c1-3-6-16(9-12-4-5-12)10-13-7-14(8-15)17-11(13)2/h1,7,12H,4-6,8-10,15H2,2H3. The molecule has 2 rings (SSSR count). The Kier molecular flexibility index (Phi) is 3.88. The Morgan fingerprint density at radius 1 is 1.59 bits per heavy atom. The minimum absolute atomic E-state index is 0.457. The average molecular weight is 232 g/mol. The maximum absolute atomic E-state index is 5.57. The maximum Gasteiger partial charge on any atom is 0.118 e. The van der Waals surface area contributed by atoms with E-state index in [1.165, 1.54) is 18.4 Å². The van der Waals surface area contributed by atoms with Gasteiger partial charge in [0.25, 0.3) is 0 Å². The second-order valence-electron chi connectivity index (χ2n) is 4.82. The van der Waals surface area contributed by atoms with Gasteiger partial charge in [-0.05, 0) is 31.7 Å². The first-order valence-corrected chi connectivity index (χ1v) is 6.17. The van der Waals surface area contributed by atoms with Gasteiger partial charge in [0.2, 0.25) is 0 Å². The van der Waals surface area contributed by atoms with Crippen molar-refractivity contribution < 1.29 is 4.42 Å². The Morgan fingerprint density at radius 3 is 2.88 bits per heavy atom. The fraction of sp³-hybridized carbons (Fsp3) is 0.571. The van der Waals surface area contributed by atoms with Gasteiger partial charge in [-0.3, -0.25) is 4.90 Å². The third-order valence-electron chi connectivity index (χ3n) is 3.19.